The van der Waals surface area contributed by atoms with E-state index in [1.54, 1.807) is 4.90 Å². The normalized spacial score (nSPS) is 28.4. The van der Waals surface area contributed by atoms with Gasteiger partial charge in [-0.3, -0.25) is 4.79 Å². The molecule has 0 unspecified atom stereocenters. The van der Waals surface area contributed by atoms with Crippen LogP contribution >= 0.6 is 0 Å². The summed E-state index contributed by atoms with van der Waals surface area (Å²) in [7, 11) is 3.63. The van der Waals surface area contributed by atoms with Crippen molar-refractivity contribution < 1.29 is 15.0 Å². The van der Waals surface area contributed by atoms with Gasteiger partial charge in [0.1, 0.15) is 0 Å². The monoisotopic (exact) mass is 405 g/mol. The molecule has 0 aromatic carbocycles. The van der Waals surface area contributed by atoms with Crippen LogP contribution in [0.1, 0.15) is 84.5 Å². The van der Waals surface area contributed by atoms with Gasteiger partial charge in [-0.1, -0.05) is 50.5 Å². The number of carbonyl (C=O) groups excluding carboxylic acids is 1. The molecule has 0 aromatic rings. The van der Waals surface area contributed by atoms with E-state index in [-0.39, 0.29) is 17.9 Å². The lowest BCUT2D eigenvalue weighted by atomic mass is 9.86. The van der Waals surface area contributed by atoms with Gasteiger partial charge in [-0.05, 0) is 63.2 Å². The lowest BCUT2D eigenvalue weighted by Gasteiger charge is -2.26. The SMILES string of the molecule is CCCC[C@](O)(CC)C/C=C/[C@@H]1[C@H]2CC(CCCCC(=O)N(C)C)=C[C@H]2C[C@H]1O. The van der Waals surface area contributed by atoms with Crippen molar-refractivity contribution in [1.29, 1.82) is 0 Å². The summed E-state index contributed by atoms with van der Waals surface area (Å²) in [6.07, 6.45) is 16.6. The largest absolute Gasteiger partial charge is 0.392 e. The molecular formula is C25H43NO3. The Labute approximate surface area is 178 Å². The quantitative estimate of drug-likeness (QED) is 0.360. The molecular weight excluding hydrogens is 362 g/mol. The predicted octanol–water partition coefficient (Wildman–Crippen LogP) is 4.86. The zero-order chi connectivity index (χ0) is 21.4. The summed E-state index contributed by atoms with van der Waals surface area (Å²) in [6, 6.07) is 0. The Morgan fingerprint density at radius 3 is 2.69 bits per heavy atom. The summed E-state index contributed by atoms with van der Waals surface area (Å²) < 4.78 is 0. The highest BCUT2D eigenvalue weighted by atomic mass is 16.3. The van der Waals surface area contributed by atoms with Crippen LogP contribution < -0.4 is 0 Å². The van der Waals surface area contributed by atoms with Crippen molar-refractivity contribution in [3.63, 3.8) is 0 Å². The van der Waals surface area contributed by atoms with Gasteiger partial charge >= 0.3 is 0 Å². The number of hydrogen-bond donors (Lipinski definition) is 2. The van der Waals surface area contributed by atoms with Gasteiger partial charge in [-0.15, -0.1) is 0 Å². The van der Waals surface area contributed by atoms with E-state index in [0.29, 0.717) is 24.7 Å². The molecule has 1 fully saturated rings. The highest BCUT2D eigenvalue weighted by molar-refractivity contribution is 5.75. The average Bonchev–Trinajstić information content (AvgIpc) is 3.20. The van der Waals surface area contributed by atoms with Crippen LogP contribution in [0.2, 0.25) is 0 Å². The van der Waals surface area contributed by atoms with E-state index in [0.717, 1.165) is 57.8 Å². The van der Waals surface area contributed by atoms with Crippen LogP contribution in [0.15, 0.2) is 23.8 Å². The third-order valence-electron chi connectivity index (χ3n) is 7.10. The van der Waals surface area contributed by atoms with Gasteiger partial charge in [0.05, 0.1) is 11.7 Å². The summed E-state index contributed by atoms with van der Waals surface area (Å²) in [6.45, 7) is 4.22. The molecule has 29 heavy (non-hydrogen) atoms. The lowest BCUT2D eigenvalue weighted by molar-refractivity contribution is -0.128. The highest BCUT2D eigenvalue weighted by Gasteiger charge is 2.43. The van der Waals surface area contributed by atoms with E-state index in [9.17, 15) is 15.0 Å². The van der Waals surface area contributed by atoms with Gasteiger partial charge in [0.25, 0.3) is 0 Å². The van der Waals surface area contributed by atoms with E-state index in [2.05, 4.69) is 32.1 Å². The second-order valence-corrected chi connectivity index (χ2v) is 9.55. The molecule has 0 heterocycles. The fourth-order valence-electron chi connectivity index (χ4n) is 5.02. The van der Waals surface area contributed by atoms with Crippen molar-refractivity contribution in [1.82, 2.24) is 4.90 Å². The number of aliphatic hydroxyl groups excluding tert-OH is 1. The van der Waals surface area contributed by atoms with Gasteiger partial charge < -0.3 is 15.1 Å². The van der Waals surface area contributed by atoms with Crippen LogP contribution in [-0.2, 0) is 4.79 Å². The molecule has 0 aliphatic heterocycles. The van der Waals surface area contributed by atoms with E-state index >= 15 is 0 Å². The molecule has 1 saturated carbocycles. The van der Waals surface area contributed by atoms with Gasteiger partial charge in [-0.25, -0.2) is 0 Å². The lowest BCUT2D eigenvalue weighted by Crippen LogP contribution is -2.27. The summed E-state index contributed by atoms with van der Waals surface area (Å²) >= 11 is 0. The van der Waals surface area contributed by atoms with Gasteiger partial charge in [0.15, 0.2) is 0 Å². The summed E-state index contributed by atoms with van der Waals surface area (Å²) in [5.41, 5.74) is 0.911. The Morgan fingerprint density at radius 1 is 1.28 bits per heavy atom. The van der Waals surface area contributed by atoms with E-state index in [1.807, 2.05) is 14.1 Å². The van der Waals surface area contributed by atoms with Crippen LogP contribution in [0.25, 0.3) is 0 Å². The summed E-state index contributed by atoms with van der Waals surface area (Å²) in [5.74, 6) is 1.41. The Bertz CT molecular complexity index is 583. The highest BCUT2D eigenvalue weighted by Crippen LogP contribution is 2.48. The predicted molar refractivity (Wildman–Crippen MR) is 119 cm³/mol. The molecule has 4 nitrogen and oxygen atoms in total. The maximum absolute atomic E-state index is 11.7. The van der Waals surface area contributed by atoms with Crippen LogP contribution in [0.4, 0.5) is 0 Å². The Balaban J connectivity index is 1.81. The molecule has 0 aromatic heterocycles. The first-order valence-corrected chi connectivity index (χ1v) is 11.8. The number of fused-ring (bicyclic) bond motifs is 1. The maximum Gasteiger partial charge on any atom is 0.222 e. The van der Waals surface area contributed by atoms with Crippen LogP contribution in [0.5, 0.6) is 0 Å². The first-order valence-electron chi connectivity index (χ1n) is 11.8. The third-order valence-corrected chi connectivity index (χ3v) is 7.10. The third kappa shape index (κ3) is 6.96. The molecule has 0 bridgehead atoms. The fraction of sp³-hybridized carbons (Fsp3) is 0.800. The Kier molecular flexibility index (Phi) is 9.42. The second kappa shape index (κ2) is 11.3. The molecule has 166 valence electrons. The second-order valence-electron chi connectivity index (χ2n) is 9.55. The topological polar surface area (TPSA) is 60.8 Å². The van der Waals surface area contributed by atoms with E-state index < -0.39 is 5.60 Å². The number of allylic oxidation sites excluding steroid dienone is 2. The van der Waals surface area contributed by atoms with Crippen LogP contribution in [-0.4, -0.2) is 46.8 Å². The van der Waals surface area contributed by atoms with Crippen molar-refractivity contribution in [2.24, 2.45) is 17.8 Å². The van der Waals surface area contributed by atoms with Crippen molar-refractivity contribution >= 4 is 5.91 Å². The fourth-order valence-corrected chi connectivity index (χ4v) is 5.02. The van der Waals surface area contributed by atoms with Crippen molar-refractivity contribution in [2.75, 3.05) is 14.1 Å². The molecule has 0 radical (unpaired) electrons. The molecule has 1 amide bonds. The average molecular weight is 406 g/mol. The first kappa shape index (κ1) is 24.1. The Morgan fingerprint density at radius 2 is 2.03 bits per heavy atom. The van der Waals surface area contributed by atoms with Crippen LogP contribution in [0, 0.1) is 17.8 Å². The van der Waals surface area contributed by atoms with Crippen molar-refractivity contribution in [2.45, 2.75) is 96.2 Å². The van der Waals surface area contributed by atoms with Gasteiger partial charge in [0.2, 0.25) is 5.91 Å². The zero-order valence-corrected chi connectivity index (χ0v) is 19.1. The number of rotatable bonds is 12. The zero-order valence-electron chi connectivity index (χ0n) is 19.1. The molecule has 0 saturated heterocycles. The summed E-state index contributed by atoms with van der Waals surface area (Å²) in [4.78, 5) is 13.4. The Hall–Kier alpha value is -1.13. The molecule has 2 aliphatic rings. The molecule has 2 rings (SSSR count). The van der Waals surface area contributed by atoms with E-state index in [4.69, 9.17) is 0 Å². The van der Waals surface area contributed by atoms with Gasteiger partial charge in [0, 0.05) is 26.4 Å². The maximum atomic E-state index is 11.7. The number of carbonyl (C=O) groups is 1. The molecule has 2 aliphatic carbocycles. The number of hydrogen-bond acceptors (Lipinski definition) is 3. The van der Waals surface area contributed by atoms with Crippen LogP contribution in [0.3, 0.4) is 0 Å². The standard InChI is InChI=1S/C25H43NO3/c1-5-7-14-25(29,6-2)15-10-12-21-22-17-19(16-20(22)18-23(21)27)11-8-9-13-24(28)26(3)4/h10,12,16,20-23,27,29H,5-9,11,13-15,17-18H2,1-4H3/b12-10+/t20-,21+,22-,23+,25+/m0/s1. The van der Waals surface area contributed by atoms with Crippen molar-refractivity contribution in [3.05, 3.63) is 23.8 Å². The molecule has 0 spiro atoms. The minimum Gasteiger partial charge on any atom is -0.392 e. The molecule has 4 heteroatoms. The number of unbranched alkanes of at least 4 members (excludes halogenated alkanes) is 2. The molecule has 5 atom stereocenters. The smallest absolute Gasteiger partial charge is 0.222 e. The first-order chi connectivity index (χ1) is 13.8. The number of nitrogens with zero attached hydrogens (tertiary/aromatic N) is 1. The van der Waals surface area contributed by atoms with Gasteiger partial charge in [-0.2, -0.15) is 0 Å². The van der Waals surface area contributed by atoms with E-state index in [1.165, 1.54) is 5.57 Å². The molecule has 2 N–H and O–H groups in total. The number of amides is 1. The summed E-state index contributed by atoms with van der Waals surface area (Å²) in [5, 5.41) is 21.3. The van der Waals surface area contributed by atoms with Crippen molar-refractivity contribution in [3.8, 4) is 0 Å². The minimum atomic E-state index is -0.599. The number of aliphatic hydroxyl groups is 2. The minimum absolute atomic E-state index is 0.205.